The Morgan fingerprint density at radius 1 is 1.03 bits per heavy atom. The summed E-state index contributed by atoms with van der Waals surface area (Å²) in [6, 6.07) is 12.4. The largest absolute Gasteiger partial charge is 0.444 e. The Hall–Kier alpha value is -3.58. The molecule has 2 heterocycles. The van der Waals surface area contributed by atoms with Crippen molar-refractivity contribution >= 4 is 24.0 Å². The molecule has 0 unspecified atom stereocenters. The molecule has 0 saturated carbocycles. The summed E-state index contributed by atoms with van der Waals surface area (Å²) < 4.78 is 32.9. The molecule has 152 valence electrons. The van der Waals surface area contributed by atoms with Gasteiger partial charge in [-0.05, 0) is 42.8 Å². The summed E-state index contributed by atoms with van der Waals surface area (Å²) >= 11 is 0. The minimum Gasteiger partial charge on any atom is -0.444 e. The lowest BCUT2D eigenvalue weighted by atomic mass is 10.0. The number of hydrogen-bond donors (Lipinski definition) is 1. The number of pyridine rings is 1. The van der Waals surface area contributed by atoms with E-state index in [-0.39, 0.29) is 12.4 Å². The SMILES string of the molecule is Cc1ccc(-c2cnco2)cc1-c1ccc(NC(=O)c2c(F)cccc2F)cn1.Cl. The number of oxazole rings is 1. The van der Waals surface area contributed by atoms with Gasteiger partial charge in [0.25, 0.3) is 5.91 Å². The Morgan fingerprint density at radius 2 is 1.80 bits per heavy atom. The second-order valence-corrected chi connectivity index (χ2v) is 6.38. The molecule has 1 N–H and O–H groups in total. The van der Waals surface area contributed by atoms with Crippen LogP contribution in [0.15, 0.2) is 71.7 Å². The van der Waals surface area contributed by atoms with Crippen LogP contribution in [0.3, 0.4) is 0 Å². The van der Waals surface area contributed by atoms with Crippen molar-refractivity contribution in [2.45, 2.75) is 6.92 Å². The third-order valence-corrected chi connectivity index (χ3v) is 4.44. The Morgan fingerprint density at radius 3 is 2.43 bits per heavy atom. The van der Waals surface area contributed by atoms with E-state index in [9.17, 15) is 13.6 Å². The van der Waals surface area contributed by atoms with Crippen LogP contribution < -0.4 is 5.32 Å². The maximum atomic E-state index is 13.8. The molecule has 8 heteroatoms. The molecule has 0 fully saturated rings. The number of nitrogens with one attached hydrogen (secondary N) is 1. The van der Waals surface area contributed by atoms with Gasteiger partial charge >= 0.3 is 0 Å². The Kier molecular flexibility index (Phi) is 6.23. The van der Waals surface area contributed by atoms with Gasteiger partial charge in [0.05, 0.1) is 23.8 Å². The summed E-state index contributed by atoms with van der Waals surface area (Å²) in [5.41, 5.74) is 3.12. The maximum Gasteiger partial charge on any atom is 0.261 e. The van der Waals surface area contributed by atoms with Crippen molar-refractivity contribution in [2.24, 2.45) is 0 Å². The van der Waals surface area contributed by atoms with Crippen LogP contribution in [0.4, 0.5) is 14.5 Å². The molecule has 0 aliphatic heterocycles. The molecule has 2 aromatic carbocycles. The lowest BCUT2D eigenvalue weighted by Crippen LogP contribution is -2.15. The smallest absolute Gasteiger partial charge is 0.261 e. The van der Waals surface area contributed by atoms with Gasteiger partial charge in [-0.2, -0.15) is 0 Å². The van der Waals surface area contributed by atoms with Crippen LogP contribution in [0.1, 0.15) is 15.9 Å². The van der Waals surface area contributed by atoms with E-state index in [1.807, 2.05) is 25.1 Å². The van der Waals surface area contributed by atoms with E-state index in [2.05, 4.69) is 15.3 Å². The highest BCUT2D eigenvalue weighted by Gasteiger charge is 2.17. The molecule has 30 heavy (non-hydrogen) atoms. The van der Waals surface area contributed by atoms with Gasteiger partial charge in [-0.1, -0.05) is 18.2 Å². The summed E-state index contributed by atoms with van der Waals surface area (Å²) in [5, 5.41) is 2.46. The number of carbonyl (C=O) groups is 1. The fourth-order valence-electron chi connectivity index (χ4n) is 2.95. The van der Waals surface area contributed by atoms with E-state index < -0.39 is 23.1 Å². The summed E-state index contributed by atoms with van der Waals surface area (Å²) in [4.78, 5) is 20.5. The highest BCUT2D eigenvalue weighted by atomic mass is 35.5. The lowest BCUT2D eigenvalue weighted by Gasteiger charge is -2.10. The van der Waals surface area contributed by atoms with Gasteiger partial charge in [0.2, 0.25) is 0 Å². The van der Waals surface area contributed by atoms with Crippen molar-refractivity contribution in [1.82, 2.24) is 9.97 Å². The van der Waals surface area contributed by atoms with E-state index >= 15 is 0 Å². The second kappa shape index (κ2) is 8.84. The fourth-order valence-corrected chi connectivity index (χ4v) is 2.95. The van der Waals surface area contributed by atoms with Crippen molar-refractivity contribution in [1.29, 1.82) is 0 Å². The molecule has 1 amide bonds. The normalized spacial score (nSPS) is 10.4. The first kappa shape index (κ1) is 21.1. The van der Waals surface area contributed by atoms with E-state index in [1.165, 1.54) is 18.7 Å². The number of halogens is 3. The van der Waals surface area contributed by atoms with Crippen molar-refractivity contribution < 1.29 is 18.0 Å². The predicted molar refractivity (Wildman–Crippen MR) is 111 cm³/mol. The monoisotopic (exact) mass is 427 g/mol. The number of aromatic nitrogens is 2. The molecule has 0 saturated heterocycles. The summed E-state index contributed by atoms with van der Waals surface area (Å²) in [6.45, 7) is 1.96. The Balaban J connectivity index is 0.00000256. The minimum absolute atomic E-state index is 0. The quantitative estimate of drug-likeness (QED) is 0.456. The van der Waals surface area contributed by atoms with Gasteiger partial charge < -0.3 is 9.73 Å². The Bertz CT molecular complexity index is 1160. The van der Waals surface area contributed by atoms with Crippen molar-refractivity contribution in [2.75, 3.05) is 5.32 Å². The molecule has 0 radical (unpaired) electrons. The van der Waals surface area contributed by atoms with E-state index in [4.69, 9.17) is 4.42 Å². The van der Waals surface area contributed by atoms with Crippen molar-refractivity contribution in [3.05, 3.63) is 90.1 Å². The fraction of sp³-hybridized carbons (Fsp3) is 0.0455. The van der Waals surface area contributed by atoms with E-state index in [0.29, 0.717) is 17.1 Å². The predicted octanol–water partition coefficient (Wildman–Crippen LogP) is 5.66. The topological polar surface area (TPSA) is 68.0 Å². The zero-order valence-electron chi connectivity index (χ0n) is 15.7. The average Bonchev–Trinajstić information content (AvgIpc) is 3.24. The average molecular weight is 428 g/mol. The first-order valence-corrected chi connectivity index (χ1v) is 8.74. The molecule has 0 aliphatic rings. The number of rotatable bonds is 4. The van der Waals surface area contributed by atoms with Crippen LogP contribution in [-0.4, -0.2) is 15.9 Å². The summed E-state index contributed by atoms with van der Waals surface area (Å²) in [6.07, 6.45) is 4.43. The molecule has 2 aromatic heterocycles. The molecular weight excluding hydrogens is 412 g/mol. The zero-order chi connectivity index (χ0) is 20.4. The first-order valence-electron chi connectivity index (χ1n) is 8.74. The van der Waals surface area contributed by atoms with Crippen LogP contribution in [-0.2, 0) is 0 Å². The van der Waals surface area contributed by atoms with Gasteiger partial charge in [0, 0.05) is 11.1 Å². The van der Waals surface area contributed by atoms with Crippen molar-refractivity contribution in [3.8, 4) is 22.6 Å². The molecule has 0 bridgehead atoms. The van der Waals surface area contributed by atoms with Crippen LogP contribution >= 0.6 is 12.4 Å². The minimum atomic E-state index is -0.924. The van der Waals surface area contributed by atoms with Crippen LogP contribution in [0.2, 0.25) is 0 Å². The van der Waals surface area contributed by atoms with Crippen molar-refractivity contribution in [3.63, 3.8) is 0 Å². The first-order chi connectivity index (χ1) is 14.0. The molecule has 4 rings (SSSR count). The number of anilines is 1. The number of aryl methyl sites for hydroxylation is 1. The maximum absolute atomic E-state index is 13.8. The highest BCUT2D eigenvalue weighted by molar-refractivity contribution is 6.04. The Labute approximate surface area is 177 Å². The molecule has 0 aliphatic carbocycles. The number of carbonyl (C=O) groups excluding carboxylic acids is 1. The second-order valence-electron chi connectivity index (χ2n) is 6.38. The number of nitrogens with zero attached hydrogens (tertiary/aromatic N) is 2. The van der Waals surface area contributed by atoms with Gasteiger partial charge in [0.1, 0.15) is 17.2 Å². The molecular formula is C22H16ClF2N3O2. The lowest BCUT2D eigenvalue weighted by molar-refractivity contribution is 0.101. The van der Waals surface area contributed by atoms with E-state index in [1.54, 1.807) is 18.3 Å². The van der Waals surface area contributed by atoms with E-state index in [0.717, 1.165) is 28.8 Å². The standard InChI is InChI=1S/C22H15F2N3O2.ClH/c1-13-5-6-14(20-11-25-12-29-20)9-16(13)19-8-7-15(10-26-19)27-22(28)21-17(23)3-2-4-18(21)24;/h2-12H,1H3,(H,27,28);1H. The number of hydrogen-bond acceptors (Lipinski definition) is 4. The molecule has 0 atom stereocenters. The van der Waals surface area contributed by atoms with Gasteiger partial charge in [-0.3, -0.25) is 9.78 Å². The summed E-state index contributed by atoms with van der Waals surface area (Å²) in [5.74, 6) is -2.08. The number of amides is 1. The zero-order valence-corrected chi connectivity index (χ0v) is 16.5. The highest BCUT2D eigenvalue weighted by Crippen LogP contribution is 2.28. The summed E-state index contributed by atoms with van der Waals surface area (Å²) in [7, 11) is 0. The van der Waals surface area contributed by atoms with Gasteiger partial charge in [0.15, 0.2) is 12.2 Å². The van der Waals surface area contributed by atoms with Gasteiger partial charge in [-0.25, -0.2) is 13.8 Å². The van der Waals surface area contributed by atoms with Gasteiger partial charge in [-0.15, -0.1) is 12.4 Å². The third-order valence-electron chi connectivity index (χ3n) is 4.44. The number of benzene rings is 2. The molecule has 0 spiro atoms. The van der Waals surface area contributed by atoms with Crippen LogP contribution in [0.25, 0.3) is 22.6 Å². The van der Waals surface area contributed by atoms with Crippen LogP contribution in [0.5, 0.6) is 0 Å². The molecule has 4 aromatic rings. The van der Waals surface area contributed by atoms with Crippen LogP contribution in [0, 0.1) is 18.6 Å². The molecule has 5 nitrogen and oxygen atoms in total. The third kappa shape index (κ3) is 4.21.